The van der Waals surface area contributed by atoms with Gasteiger partial charge in [-0.3, -0.25) is 19.7 Å². The van der Waals surface area contributed by atoms with E-state index in [0.717, 1.165) is 49.1 Å². The highest BCUT2D eigenvalue weighted by Crippen LogP contribution is 2.19. The van der Waals surface area contributed by atoms with Gasteiger partial charge < -0.3 is 9.30 Å². The molecule has 0 saturated heterocycles. The average Bonchev–Trinajstić information content (AvgIpc) is 2.84. The monoisotopic (exact) mass is 536 g/mol. The smallest absolute Gasteiger partial charge is 0.250 e. The molecule has 0 spiro atoms. The highest BCUT2D eigenvalue weighted by atomic mass is 35.5. The molecule has 0 unspecified atom stereocenters. The summed E-state index contributed by atoms with van der Waals surface area (Å²) in [5, 5.41) is 1.00. The molecule has 0 fully saturated rings. The summed E-state index contributed by atoms with van der Waals surface area (Å²) in [6, 6.07) is 17.5. The van der Waals surface area contributed by atoms with Gasteiger partial charge in [0.25, 0.3) is 5.56 Å². The van der Waals surface area contributed by atoms with Crippen molar-refractivity contribution in [3.8, 4) is 5.75 Å². The van der Waals surface area contributed by atoms with Gasteiger partial charge in [0, 0.05) is 62.9 Å². The van der Waals surface area contributed by atoms with E-state index in [9.17, 15) is 4.79 Å². The number of rotatable bonds is 10. The fourth-order valence-electron chi connectivity index (χ4n) is 3.79. The molecule has 0 radical (unpaired) electrons. The van der Waals surface area contributed by atoms with Crippen molar-refractivity contribution in [2.45, 2.75) is 19.4 Å². The number of aryl methyl sites for hydroxylation is 1. The minimum Gasteiger partial charge on any atom is -0.494 e. The number of hydrogen-bond acceptors (Lipinski definition) is 5. The maximum Gasteiger partial charge on any atom is 0.250 e. The maximum absolute atomic E-state index is 11.8. The van der Waals surface area contributed by atoms with Crippen molar-refractivity contribution in [1.29, 1.82) is 0 Å². The van der Waals surface area contributed by atoms with Gasteiger partial charge in [-0.15, -0.1) is 37.2 Å². The third-order valence-electron chi connectivity index (χ3n) is 5.58. The summed E-state index contributed by atoms with van der Waals surface area (Å²) in [7, 11) is 1.79. The van der Waals surface area contributed by atoms with E-state index < -0.39 is 0 Å². The molecule has 3 aromatic heterocycles. The fourth-order valence-corrected chi connectivity index (χ4v) is 3.79. The summed E-state index contributed by atoms with van der Waals surface area (Å²) < 4.78 is 7.66. The minimum atomic E-state index is -0.00774. The van der Waals surface area contributed by atoms with Crippen LogP contribution in [0.3, 0.4) is 0 Å². The second-order valence-electron chi connectivity index (χ2n) is 7.90. The van der Waals surface area contributed by atoms with E-state index in [1.165, 1.54) is 11.1 Å². The lowest BCUT2D eigenvalue weighted by Crippen LogP contribution is -2.28. The first-order valence-corrected chi connectivity index (χ1v) is 10.9. The van der Waals surface area contributed by atoms with Crippen LogP contribution in [0.1, 0.15) is 17.5 Å². The molecule has 4 rings (SSSR count). The molecule has 0 N–H and O–H groups in total. The molecule has 0 bridgehead atoms. The third kappa shape index (κ3) is 8.82. The summed E-state index contributed by atoms with van der Waals surface area (Å²) in [5.41, 5.74) is 3.40. The predicted octanol–water partition coefficient (Wildman–Crippen LogP) is 5.11. The van der Waals surface area contributed by atoms with Crippen LogP contribution in [-0.2, 0) is 20.0 Å². The van der Waals surface area contributed by atoms with Crippen molar-refractivity contribution in [2.24, 2.45) is 7.05 Å². The predicted molar refractivity (Wildman–Crippen MR) is 148 cm³/mol. The molecule has 3 heterocycles. The van der Waals surface area contributed by atoms with Gasteiger partial charge in [-0.05, 0) is 66.4 Å². The lowest BCUT2D eigenvalue weighted by atomic mass is 10.1. The summed E-state index contributed by atoms with van der Waals surface area (Å²) in [4.78, 5) is 22.6. The normalized spacial score (nSPS) is 10.2. The molecule has 0 atom stereocenters. The zero-order valence-corrected chi connectivity index (χ0v) is 22.0. The number of fused-ring (bicyclic) bond motifs is 1. The van der Waals surface area contributed by atoms with Crippen LogP contribution in [-0.4, -0.2) is 39.1 Å². The topological polar surface area (TPSA) is 60.2 Å². The molecule has 0 aliphatic carbocycles. The van der Waals surface area contributed by atoms with E-state index in [0.29, 0.717) is 6.61 Å². The summed E-state index contributed by atoms with van der Waals surface area (Å²) >= 11 is 0. The number of pyridine rings is 3. The Labute approximate surface area is 224 Å². The Hall–Kier alpha value is -2.64. The van der Waals surface area contributed by atoms with Crippen LogP contribution in [0.25, 0.3) is 10.9 Å². The molecular weight excluding hydrogens is 507 g/mol. The van der Waals surface area contributed by atoms with E-state index in [2.05, 4.69) is 33.1 Å². The van der Waals surface area contributed by atoms with Crippen molar-refractivity contribution in [3.05, 3.63) is 101 Å². The number of nitrogens with zero attached hydrogens (tertiary/aromatic N) is 4. The van der Waals surface area contributed by atoms with Gasteiger partial charge in [0.15, 0.2) is 0 Å². The highest BCUT2D eigenvalue weighted by molar-refractivity contribution is 5.86. The van der Waals surface area contributed by atoms with E-state index >= 15 is 0 Å². The molecule has 6 nitrogen and oxygen atoms in total. The third-order valence-corrected chi connectivity index (χ3v) is 5.58. The molecule has 35 heavy (non-hydrogen) atoms. The van der Waals surface area contributed by atoms with Crippen LogP contribution in [0.4, 0.5) is 0 Å². The number of hydrogen-bond donors (Lipinski definition) is 0. The van der Waals surface area contributed by atoms with Crippen LogP contribution in [0, 0.1) is 0 Å². The van der Waals surface area contributed by atoms with Crippen LogP contribution in [0.2, 0.25) is 0 Å². The Bertz CT molecular complexity index is 1210. The summed E-state index contributed by atoms with van der Waals surface area (Å²) in [5.74, 6) is 0.826. The van der Waals surface area contributed by atoms with E-state index in [1.54, 1.807) is 23.9 Å². The van der Waals surface area contributed by atoms with Crippen LogP contribution < -0.4 is 10.3 Å². The summed E-state index contributed by atoms with van der Waals surface area (Å²) in [6.45, 7) is 3.39. The molecule has 9 heteroatoms. The molecule has 188 valence electrons. The fraction of sp³-hybridized carbons (Fsp3) is 0.269. The van der Waals surface area contributed by atoms with E-state index in [1.807, 2.05) is 48.9 Å². The molecule has 0 saturated carbocycles. The zero-order valence-electron chi connectivity index (χ0n) is 19.6. The first kappa shape index (κ1) is 30.4. The largest absolute Gasteiger partial charge is 0.494 e. The van der Waals surface area contributed by atoms with E-state index in [4.69, 9.17) is 4.74 Å². The lowest BCUT2D eigenvalue weighted by molar-refractivity contribution is 0.229. The van der Waals surface area contributed by atoms with Crippen molar-refractivity contribution in [2.75, 3.05) is 19.7 Å². The highest BCUT2D eigenvalue weighted by Gasteiger charge is 2.08. The first-order valence-electron chi connectivity index (χ1n) is 10.9. The van der Waals surface area contributed by atoms with Crippen molar-refractivity contribution in [3.63, 3.8) is 0 Å². The molecule has 0 aliphatic heterocycles. The number of halogens is 3. The number of benzene rings is 1. The second-order valence-corrected chi connectivity index (χ2v) is 7.90. The standard InChI is InChI=1S/C26H28N4O2.3ClH/c1-29-25-7-6-24(18-23(25)5-8-26(29)31)32-17-3-15-30(20-22-4-2-12-28-19-22)16-11-21-9-13-27-14-10-21;;;/h2,4-10,12-14,18-19H,3,11,15-17,20H2,1H3;3*1H. The Balaban J connectivity index is 0.00000204. The molecule has 1 aromatic carbocycles. The van der Waals surface area contributed by atoms with Crippen molar-refractivity contribution in [1.82, 2.24) is 19.4 Å². The van der Waals surface area contributed by atoms with Gasteiger partial charge in [0.2, 0.25) is 0 Å². The van der Waals surface area contributed by atoms with Crippen molar-refractivity contribution >= 4 is 48.1 Å². The van der Waals surface area contributed by atoms with Crippen LogP contribution in [0.15, 0.2) is 84.2 Å². The molecule has 0 amide bonds. The quantitative estimate of drug-likeness (QED) is 0.263. The average molecular weight is 538 g/mol. The van der Waals surface area contributed by atoms with E-state index in [-0.39, 0.29) is 42.8 Å². The Morgan fingerprint density at radius 1 is 0.886 bits per heavy atom. The Morgan fingerprint density at radius 2 is 1.69 bits per heavy atom. The number of ether oxygens (including phenoxy) is 1. The van der Waals surface area contributed by atoms with Crippen LogP contribution >= 0.6 is 37.2 Å². The molecule has 4 aromatic rings. The zero-order chi connectivity index (χ0) is 22.2. The van der Waals surface area contributed by atoms with Crippen LogP contribution in [0.5, 0.6) is 5.75 Å². The second kappa shape index (κ2) is 15.4. The number of aromatic nitrogens is 3. The first-order chi connectivity index (χ1) is 15.7. The Morgan fingerprint density at radius 3 is 2.43 bits per heavy atom. The SMILES string of the molecule is Cl.Cl.Cl.Cn1c(=O)ccc2cc(OCCCN(CCc3ccncc3)Cc3cccnc3)ccc21. The van der Waals surface area contributed by atoms with Crippen molar-refractivity contribution < 1.29 is 4.74 Å². The van der Waals surface area contributed by atoms with Gasteiger partial charge in [0.1, 0.15) is 5.75 Å². The summed E-state index contributed by atoms with van der Waals surface area (Å²) in [6.07, 6.45) is 9.32. The van der Waals surface area contributed by atoms with Gasteiger partial charge in [-0.25, -0.2) is 0 Å². The minimum absolute atomic E-state index is 0. The Kier molecular flexibility index (Phi) is 13.3. The molecule has 0 aliphatic rings. The van der Waals surface area contributed by atoms with Gasteiger partial charge in [-0.1, -0.05) is 6.07 Å². The molecular formula is C26H31Cl3N4O2. The van der Waals surface area contributed by atoms with Gasteiger partial charge in [0.05, 0.1) is 12.1 Å². The maximum atomic E-state index is 11.8. The van der Waals surface area contributed by atoms with Gasteiger partial charge >= 0.3 is 0 Å². The van der Waals surface area contributed by atoms with Gasteiger partial charge in [-0.2, -0.15) is 0 Å². The lowest BCUT2D eigenvalue weighted by Gasteiger charge is -2.22.